The van der Waals surface area contributed by atoms with Crippen molar-refractivity contribution in [1.29, 1.82) is 0 Å². The van der Waals surface area contributed by atoms with Crippen LogP contribution in [-0.2, 0) is 16.0 Å². The fourth-order valence-electron chi connectivity index (χ4n) is 4.19. The van der Waals surface area contributed by atoms with E-state index in [-0.39, 0.29) is 30.3 Å². The van der Waals surface area contributed by atoms with Crippen molar-refractivity contribution >= 4 is 23.2 Å². The smallest absolute Gasteiger partial charge is 0.242 e. The van der Waals surface area contributed by atoms with Crippen molar-refractivity contribution < 1.29 is 9.59 Å². The van der Waals surface area contributed by atoms with Crippen LogP contribution in [0.15, 0.2) is 35.7 Å². The zero-order valence-corrected chi connectivity index (χ0v) is 17.5. The van der Waals surface area contributed by atoms with Gasteiger partial charge in [0.15, 0.2) is 0 Å². The van der Waals surface area contributed by atoms with Crippen LogP contribution in [-0.4, -0.2) is 41.2 Å². The van der Waals surface area contributed by atoms with Gasteiger partial charge in [0.25, 0.3) is 0 Å². The number of amides is 2. The Morgan fingerprint density at radius 3 is 2.68 bits per heavy atom. The van der Waals surface area contributed by atoms with Crippen LogP contribution in [0.3, 0.4) is 0 Å². The molecular weight excluding hydrogens is 368 g/mol. The summed E-state index contributed by atoms with van der Waals surface area (Å²) < 4.78 is 0. The first-order chi connectivity index (χ1) is 13.6. The fraction of sp³-hybridized carbons (Fsp3) is 0.478. The predicted octanol–water partition coefficient (Wildman–Crippen LogP) is 4.18. The van der Waals surface area contributed by atoms with Crippen molar-refractivity contribution in [2.24, 2.45) is 5.92 Å². The monoisotopic (exact) mass is 396 g/mol. The molecule has 2 amide bonds. The number of carbonyl (C=O) groups excluding carboxylic acids is 2. The van der Waals surface area contributed by atoms with Gasteiger partial charge < -0.3 is 9.80 Å². The Morgan fingerprint density at radius 2 is 1.96 bits per heavy atom. The summed E-state index contributed by atoms with van der Waals surface area (Å²) in [6, 6.07) is 10.4. The Hall–Kier alpha value is -2.14. The number of hydrogen-bond donors (Lipinski definition) is 0. The first-order valence-electron chi connectivity index (χ1n) is 10.3. The van der Waals surface area contributed by atoms with Crippen molar-refractivity contribution in [3.05, 3.63) is 57.3 Å². The van der Waals surface area contributed by atoms with Crippen molar-refractivity contribution in [3.63, 3.8) is 0 Å². The Morgan fingerprint density at radius 1 is 1.18 bits per heavy atom. The van der Waals surface area contributed by atoms with Crippen LogP contribution in [0.2, 0.25) is 0 Å². The number of hydrogen-bond acceptors (Lipinski definition) is 3. The van der Waals surface area contributed by atoms with Gasteiger partial charge in [-0.1, -0.05) is 31.2 Å². The molecule has 1 unspecified atom stereocenters. The number of carbonyl (C=O) groups is 2. The molecule has 0 spiro atoms. The van der Waals surface area contributed by atoms with Crippen LogP contribution in [0.25, 0.3) is 0 Å². The molecule has 28 heavy (non-hydrogen) atoms. The van der Waals surface area contributed by atoms with E-state index in [2.05, 4.69) is 37.4 Å². The van der Waals surface area contributed by atoms with Crippen LogP contribution in [0.4, 0.5) is 0 Å². The molecule has 148 valence electrons. The van der Waals surface area contributed by atoms with Gasteiger partial charge in [0.2, 0.25) is 11.8 Å². The Labute approximate surface area is 171 Å². The van der Waals surface area contributed by atoms with Crippen molar-refractivity contribution in [2.75, 3.05) is 19.6 Å². The van der Waals surface area contributed by atoms with E-state index in [0.717, 1.165) is 25.7 Å². The minimum Gasteiger partial charge on any atom is -0.333 e. The van der Waals surface area contributed by atoms with E-state index >= 15 is 0 Å². The van der Waals surface area contributed by atoms with Gasteiger partial charge in [-0.25, -0.2) is 0 Å². The molecule has 0 bridgehead atoms. The van der Waals surface area contributed by atoms with E-state index in [1.807, 2.05) is 17.0 Å². The van der Waals surface area contributed by atoms with E-state index in [4.69, 9.17) is 0 Å². The Balaban J connectivity index is 1.62. The average molecular weight is 397 g/mol. The zero-order valence-electron chi connectivity index (χ0n) is 16.7. The number of nitrogens with zero attached hydrogens (tertiary/aromatic N) is 2. The van der Waals surface area contributed by atoms with Crippen LogP contribution >= 0.6 is 11.3 Å². The highest BCUT2D eigenvalue weighted by molar-refractivity contribution is 7.10. The zero-order chi connectivity index (χ0) is 19.7. The molecule has 2 heterocycles. The van der Waals surface area contributed by atoms with E-state index in [1.54, 1.807) is 16.2 Å². The van der Waals surface area contributed by atoms with E-state index in [0.29, 0.717) is 13.1 Å². The minimum absolute atomic E-state index is 0.0526. The topological polar surface area (TPSA) is 40.6 Å². The molecular formula is C23H28N2O2S. The number of benzene rings is 1. The largest absolute Gasteiger partial charge is 0.333 e. The average Bonchev–Trinajstić information content (AvgIpc) is 3.43. The summed E-state index contributed by atoms with van der Waals surface area (Å²) in [7, 11) is 0. The number of rotatable bonds is 6. The molecule has 4 nitrogen and oxygen atoms in total. The summed E-state index contributed by atoms with van der Waals surface area (Å²) >= 11 is 1.78. The minimum atomic E-state index is -0.0526. The molecule has 1 atom stereocenters. The van der Waals surface area contributed by atoms with Crippen LogP contribution in [0.5, 0.6) is 0 Å². The molecule has 0 N–H and O–H groups in total. The lowest BCUT2D eigenvalue weighted by Crippen LogP contribution is -2.47. The number of thiophene rings is 1. The third-order valence-electron chi connectivity index (χ3n) is 5.83. The van der Waals surface area contributed by atoms with Gasteiger partial charge in [0.05, 0.1) is 12.6 Å². The second-order valence-corrected chi connectivity index (χ2v) is 8.93. The lowest BCUT2D eigenvalue weighted by molar-refractivity contribution is -0.142. The third-order valence-corrected chi connectivity index (χ3v) is 6.82. The molecule has 1 aliphatic heterocycles. The highest BCUT2D eigenvalue weighted by atomic mass is 32.1. The lowest BCUT2D eigenvalue weighted by Gasteiger charge is -2.38. The van der Waals surface area contributed by atoms with Gasteiger partial charge in [0.1, 0.15) is 0 Å². The first-order valence-corrected chi connectivity index (χ1v) is 11.2. The SMILES string of the molecule is CCCN(CC(=O)N1CCc2sccc2C1c1ccccc1C)C(=O)C1CC1. The summed E-state index contributed by atoms with van der Waals surface area (Å²) in [6.45, 7) is 5.74. The van der Waals surface area contributed by atoms with Crippen molar-refractivity contribution in [1.82, 2.24) is 9.80 Å². The molecule has 1 fully saturated rings. The third kappa shape index (κ3) is 3.72. The van der Waals surface area contributed by atoms with Gasteiger partial charge in [-0.2, -0.15) is 0 Å². The van der Waals surface area contributed by atoms with Crippen LogP contribution in [0.1, 0.15) is 53.8 Å². The molecule has 0 saturated heterocycles. The normalized spacial score (nSPS) is 18.6. The summed E-state index contributed by atoms with van der Waals surface area (Å²) in [5.41, 5.74) is 3.63. The molecule has 0 radical (unpaired) electrons. The summed E-state index contributed by atoms with van der Waals surface area (Å²) in [6.07, 6.45) is 3.72. The highest BCUT2D eigenvalue weighted by Gasteiger charge is 2.37. The van der Waals surface area contributed by atoms with Gasteiger partial charge in [-0.15, -0.1) is 11.3 Å². The number of fused-ring (bicyclic) bond motifs is 1. The Kier molecular flexibility index (Phi) is 5.54. The van der Waals surface area contributed by atoms with Crippen molar-refractivity contribution in [3.8, 4) is 0 Å². The molecule has 5 heteroatoms. The maximum Gasteiger partial charge on any atom is 0.242 e. The van der Waals surface area contributed by atoms with Gasteiger partial charge in [0, 0.05) is 23.9 Å². The van der Waals surface area contributed by atoms with E-state index in [1.165, 1.54) is 21.6 Å². The van der Waals surface area contributed by atoms with E-state index in [9.17, 15) is 9.59 Å². The second kappa shape index (κ2) is 8.08. The predicted molar refractivity (Wildman–Crippen MR) is 112 cm³/mol. The molecule has 2 aromatic rings. The maximum atomic E-state index is 13.4. The highest BCUT2D eigenvalue weighted by Crippen LogP contribution is 2.39. The number of aryl methyl sites for hydroxylation is 1. The Bertz CT molecular complexity index is 871. The van der Waals surface area contributed by atoms with Gasteiger partial charge in [-0.3, -0.25) is 9.59 Å². The summed E-state index contributed by atoms with van der Waals surface area (Å²) in [5, 5.41) is 2.13. The standard InChI is InChI=1S/C23H28N2O2S/c1-3-12-24(23(27)17-8-9-17)15-21(26)25-13-10-20-19(11-14-28-20)22(25)18-7-5-4-6-16(18)2/h4-7,11,14,17,22H,3,8-10,12-13,15H2,1-2H3. The fourth-order valence-corrected chi connectivity index (χ4v) is 5.10. The van der Waals surface area contributed by atoms with Gasteiger partial charge >= 0.3 is 0 Å². The van der Waals surface area contributed by atoms with Gasteiger partial charge in [-0.05, 0) is 60.7 Å². The molecule has 1 aromatic carbocycles. The quantitative estimate of drug-likeness (QED) is 0.735. The molecule has 1 aromatic heterocycles. The summed E-state index contributed by atoms with van der Waals surface area (Å²) in [4.78, 5) is 31.2. The molecule has 1 saturated carbocycles. The molecule has 4 rings (SSSR count). The van der Waals surface area contributed by atoms with Crippen LogP contribution < -0.4 is 0 Å². The van der Waals surface area contributed by atoms with E-state index < -0.39 is 0 Å². The van der Waals surface area contributed by atoms with Crippen LogP contribution in [0, 0.1) is 12.8 Å². The molecule has 2 aliphatic rings. The van der Waals surface area contributed by atoms with Crippen molar-refractivity contribution in [2.45, 2.75) is 45.6 Å². The maximum absolute atomic E-state index is 13.4. The lowest BCUT2D eigenvalue weighted by atomic mass is 9.90. The first kappa shape index (κ1) is 19.2. The second-order valence-electron chi connectivity index (χ2n) is 7.93. The molecule has 1 aliphatic carbocycles. The summed E-state index contributed by atoms with van der Waals surface area (Å²) in [5.74, 6) is 0.375.